The van der Waals surface area contributed by atoms with Gasteiger partial charge in [0.25, 0.3) is 0 Å². The highest BCUT2D eigenvalue weighted by Gasteiger charge is 2.27. The van der Waals surface area contributed by atoms with Crippen LogP contribution in [-0.2, 0) is 5.54 Å². The van der Waals surface area contributed by atoms with Crippen molar-refractivity contribution >= 4 is 11.8 Å². The van der Waals surface area contributed by atoms with E-state index in [0.29, 0.717) is 11.7 Å². The molecule has 14 heavy (non-hydrogen) atoms. The summed E-state index contributed by atoms with van der Waals surface area (Å²) in [7, 11) is 0. The first-order valence-corrected chi connectivity index (χ1v) is 5.93. The summed E-state index contributed by atoms with van der Waals surface area (Å²) in [5.74, 6) is 4.07. The molecule has 2 heterocycles. The fourth-order valence-corrected chi connectivity index (χ4v) is 2.60. The zero-order valence-corrected chi connectivity index (χ0v) is 9.30. The molecule has 1 aliphatic heterocycles. The number of rotatable bonds is 2. The Kier molecular flexibility index (Phi) is 2.53. The standard InChI is InChI=1S/C9H15N3OS/c1-9(2,10)8-11-7(13-12-8)6-3-4-14-5-6/h6H,3-5,10H2,1-2H3. The molecule has 1 saturated heterocycles. The Morgan fingerprint density at radius 1 is 1.57 bits per heavy atom. The normalized spacial score (nSPS) is 22.9. The van der Waals surface area contributed by atoms with E-state index in [-0.39, 0.29) is 0 Å². The van der Waals surface area contributed by atoms with E-state index in [1.165, 1.54) is 5.75 Å². The highest BCUT2D eigenvalue weighted by molar-refractivity contribution is 7.99. The molecule has 1 aromatic rings. The molecule has 78 valence electrons. The second-order valence-corrected chi connectivity index (χ2v) is 5.39. The van der Waals surface area contributed by atoms with Gasteiger partial charge in [-0.3, -0.25) is 0 Å². The van der Waals surface area contributed by atoms with Gasteiger partial charge in [-0.2, -0.15) is 16.7 Å². The maximum atomic E-state index is 5.88. The third kappa shape index (κ3) is 1.93. The van der Waals surface area contributed by atoms with Gasteiger partial charge in [-0.25, -0.2) is 0 Å². The number of nitrogens with two attached hydrogens (primary N) is 1. The number of aromatic nitrogens is 2. The van der Waals surface area contributed by atoms with Crippen molar-refractivity contribution in [3.05, 3.63) is 11.7 Å². The minimum atomic E-state index is -0.506. The maximum absolute atomic E-state index is 5.88. The van der Waals surface area contributed by atoms with Gasteiger partial charge in [0.15, 0.2) is 5.82 Å². The first-order valence-electron chi connectivity index (χ1n) is 4.78. The summed E-state index contributed by atoms with van der Waals surface area (Å²) >= 11 is 1.93. The molecule has 1 unspecified atom stereocenters. The predicted octanol–water partition coefficient (Wildman–Crippen LogP) is 1.48. The summed E-state index contributed by atoms with van der Waals surface area (Å²) in [6, 6.07) is 0. The number of hydrogen-bond acceptors (Lipinski definition) is 5. The van der Waals surface area contributed by atoms with Crippen molar-refractivity contribution in [1.29, 1.82) is 0 Å². The fourth-order valence-electron chi connectivity index (χ4n) is 1.39. The highest BCUT2D eigenvalue weighted by atomic mass is 32.2. The van der Waals surface area contributed by atoms with Crippen molar-refractivity contribution in [2.75, 3.05) is 11.5 Å². The van der Waals surface area contributed by atoms with E-state index in [1.807, 2.05) is 25.6 Å². The van der Waals surface area contributed by atoms with E-state index < -0.39 is 5.54 Å². The van der Waals surface area contributed by atoms with E-state index in [9.17, 15) is 0 Å². The molecule has 4 nitrogen and oxygen atoms in total. The van der Waals surface area contributed by atoms with Crippen LogP contribution in [0.4, 0.5) is 0 Å². The molecule has 2 rings (SSSR count). The van der Waals surface area contributed by atoms with E-state index in [2.05, 4.69) is 10.1 Å². The average molecular weight is 213 g/mol. The molecule has 5 heteroatoms. The average Bonchev–Trinajstić information content (AvgIpc) is 2.73. The summed E-state index contributed by atoms with van der Waals surface area (Å²) in [6.45, 7) is 3.76. The van der Waals surface area contributed by atoms with Crippen molar-refractivity contribution in [1.82, 2.24) is 10.1 Å². The van der Waals surface area contributed by atoms with Gasteiger partial charge in [-0.1, -0.05) is 5.16 Å². The van der Waals surface area contributed by atoms with Crippen LogP contribution >= 0.6 is 11.8 Å². The molecule has 0 aliphatic carbocycles. The van der Waals surface area contributed by atoms with Crippen LogP contribution in [0.2, 0.25) is 0 Å². The predicted molar refractivity (Wildman–Crippen MR) is 56.2 cm³/mol. The lowest BCUT2D eigenvalue weighted by atomic mass is 10.1. The molecule has 0 bridgehead atoms. The highest BCUT2D eigenvalue weighted by Crippen LogP contribution is 2.31. The molecular formula is C9H15N3OS. The number of nitrogens with zero attached hydrogens (tertiary/aromatic N) is 2. The third-order valence-electron chi connectivity index (χ3n) is 2.30. The van der Waals surface area contributed by atoms with Gasteiger partial charge in [0.2, 0.25) is 5.89 Å². The van der Waals surface area contributed by atoms with Crippen LogP contribution in [0.25, 0.3) is 0 Å². The Balaban J connectivity index is 2.17. The topological polar surface area (TPSA) is 64.9 Å². The Bertz CT molecular complexity index is 312. The molecule has 1 aromatic heterocycles. The Hall–Kier alpha value is -0.550. The Morgan fingerprint density at radius 3 is 2.86 bits per heavy atom. The molecule has 1 aliphatic rings. The largest absolute Gasteiger partial charge is 0.339 e. The van der Waals surface area contributed by atoms with Gasteiger partial charge in [0.05, 0.1) is 5.54 Å². The molecule has 1 fully saturated rings. The monoisotopic (exact) mass is 213 g/mol. The van der Waals surface area contributed by atoms with Crippen LogP contribution < -0.4 is 5.73 Å². The van der Waals surface area contributed by atoms with E-state index in [0.717, 1.165) is 18.1 Å². The van der Waals surface area contributed by atoms with Crippen LogP contribution in [0.3, 0.4) is 0 Å². The molecule has 0 spiro atoms. The van der Waals surface area contributed by atoms with Crippen molar-refractivity contribution in [2.24, 2.45) is 5.73 Å². The molecule has 0 amide bonds. The lowest BCUT2D eigenvalue weighted by molar-refractivity contribution is 0.347. The number of hydrogen-bond donors (Lipinski definition) is 1. The maximum Gasteiger partial charge on any atom is 0.230 e. The summed E-state index contributed by atoms with van der Waals surface area (Å²) in [6.07, 6.45) is 1.14. The first-order chi connectivity index (χ1) is 6.57. The third-order valence-corrected chi connectivity index (χ3v) is 3.46. The molecule has 0 saturated carbocycles. The zero-order valence-electron chi connectivity index (χ0n) is 8.49. The van der Waals surface area contributed by atoms with Gasteiger partial charge in [-0.15, -0.1) is 0 Å². The van der Waals surface area contributed by atoms with Crippen molar-refractivity contribution in [3.63, 3.8) is 0 Å². The Labute approximate surface area is 87.6 Å². The molecule has 1 atom stereocenters. The van der Waals surface area contributed by atoms with Gasteiger partial charge >= 0.3 is 0 Å². The van der Waals surface area contributed by atoms with Gasteiger partial charge < -0.3 is 10.3 Å². The summed E-state index contributed by atoms with van der Waals surface area (Å²) in [4.78, 5) is 4.35. The summed E-state index contributed by atoms with van der Waals surface area (Å²) in [5, 5.41) is 3.91. The van der Waals surface area contributed by atoms with E-state index >= 15 is 0 Å². The van der Waals surface area contributed by atoms with Gasteiger partial charge in [-0.05, 0) is 26.0 Å². The van der Waals surface area contributed by atoms with Crippen LogP contribution in [0.15, 0.2) is 4.52 Å². The smallest absolute Gasteiger partial charge is 0.230 e. The van der Waals surface area contributed by atoms with Crippen LogP contribution in [0.5, 0.6) is 0 Å². The summed E-state index contributed by atoms with van der Waals surface area (Å²) < 4.78 is 5.22. The number of thioether (sulfide) groups is 1. The van der Waals surface area contributed by atoms with E-state index in [4.69, 9.17) is 10.3 Å². The SMILES string of the molecule is CC(C)(N)c1noc(C2CCSC2)n1. The fraction of sp³-hybridized carbons (Fsp3) is 0.778. The minimum Gasteiger partial charge on any atom is -0.339 e. The molecule has 2 N–H and O–H groups in total. The second-order valence-electron chi connectivity index (χ2n) is 4.24. The Morgan fingerprint density at radius 2 is 2.36 bits per heavy atom. The quantitative estimate of drug-likeness (QED) is 0.806. The van der Waals surface area contributed by atoms with Crippen molar-refractivity contribution < 1.29 is 4.52 Å². The molecule has 0 radical (unpaired) electrons. The molecular weight excluding hydrogens is 198 g/mol. The zero-order chi connectivity index (χ0) is 10.2. The van der Waals surface area contributed by atoms with Gasteiger partial charge in [0.1, 0.15) is 0 Å². The lowest BCUT2D eigenvalue weighted by Crippen LogP contribution is -2.30. The first kappa shape index (κ1) is 9.98. The van der Waals surface area contributed by atoms with E-state index in [1.54, 1.807) is 0 Å². The second kappa shape index (κ2) is 3.55. The van der Waals surface area contributed by atoms with Crippen LogP contribution in [0.1, 0.15) is 37.9 Å². The molecule has 0 aromatic carbocycles. The van der Waals surface area contributed by atoms with Crippen molar-refractivity contribution in [2.45, 2.75) is 31.7 Å². The minimum absolute atomic E-state index is 0.434. The lowest BCUT2D eigenvalue weighted by Gasteiger charge is -2.11. The van der Waals surface area contributed by atoms with Crippen LogP contribution in [0, 0.1) is 0 Å². The summed E-state index contributed by atoms with van der Waals surface area (Å²) in [5.41, 5.74) is 5.37. The van der Waals surface area contributed by atoms with Crippen LogP contribution in [-0.4, -0.2) is 21.6 Å². The van der Waals surface area contributed by atoms with Gasteiger partial charge in [0, 0.05) is 11.7 Å². The van der Waals surface area contributed by atoms with Crippen molar-refractivity contribution in [3.8, 4) is 0 Å².